The topological polar surface area (TPSA) is 0 Å². The molecule has 0 heterocycles. The van der Waals surface area contributed by atoms with E-state index in [1.165, 1.54) is 32.1 Å². The van der Waals surface area contributed by atoms with Gasteiger partial charge in [0.15, 0.2) is 0 Å². The van der Waals surface area contributed by atoms with E-state index in [1.54, 1.807) is 0 Å². The second-order valence-corrected chi connectivity index (χ2v) is 2.89. The van der Waals surface area contributed by atoms with E-state index in [0.29, 0.717) is 0 Å². The lowest BCUT2D eigenvalue weighted by molar-refractivity contribution is 0.580. The molecule has 0 N–H and O–H groups in total. The molecule has 0 aromatic rings. The van der Waals surface area contributed by atoms with Gasteiger partial charge in [-0.05, 0) is 17.7 Å². The van der Waals surface area contributed by atoms with E-state index in [0.717, 1.165) is 5.92 Å². The summed E-state index contributed by atoms with van der Waals surface area (Å²) in [7, 11) is 0. The zero-order valence-electron chi connectivity index (χ0n) is 5.10. The molecule has 0 atom stereocenters. The summed E-state index contributed by atoms with van der Waals surface area (Å²) in [6.07, 6.45) is 6.90. The van der Waals surface area contributed by atoms with Crippen molar-refractivity contribution in [2.75, 3.05) is 0 Å². The number of rotatable bonds is 2. The van der Waals surface area contributed by atoms with Gasteiger partial charge in [0, 0.05) is 0 Å². The van der Waals surface area contributed by atoms with Crippen LogP contribution in [0.1, 0.15) is 32.1 Å². The van der Waals surface area contributed by atoms with Gasteiger partial charge in [-0.2, -0.15) is 0 Å². The summed E-state index contributed by atoms with van der Waals surface area (Å²) in [4.78, 5) is 0. The molecule has 46 valence electrons. The van der Waals surface area contributed by atoms with E-state index >= 15 is 0 Å². The van der Waals surface area contributed by atoms with Gasteiger partial charge in [0.1, 0.15) is 0 Å². The van der Waals surface area contributed by atoms with Crippen molar-refractivity contribution in [2.45, 2.75) is 32.1 Å². The highest BCUT2D eigenvalue weighted by Crippen LogP contribution is 2.26. The summed E-state index contributed by atoms with van der Waals surface area (Å²) in [6.45, 7) is 0. The van der Waals surface area contributed by atoms with Crippen molar-refractivity contribution in [1.82, 2.24) is 0 Å². The first-order valence-corrected chi connectivity index (χ1v) is 3.84. The van der Waals surface area contributed by atoms with Crippen LogP contribution in [-0.4, -0.2) is 5.37 Å². The molecule has 0 bridgehead atoms. The largest absolute Gasteiger partial charge is 0.0935 e. The predicted molar refractivity (Wildman–Crippen MR) is 40.2 cm³/mol. The van der Waals surface area contributed by atoms with Gasteiger partial charge in [-0.1, -0.05) is 37.9 Å². The summed E-state index contributed by atoms with van der Waals surface area (Å²) in [5.41, 5.74) is 0. The lowest BCUT2D eigenvalue weighted by Gasteiger charge is -2.00. The lowest BCUT2D eigenvalue weighted by atomic mass is 10.1. The maximum Gasteiger partial charge on any atom is -0.0208 e. The van der Waals surface area contributed by atoms with Crippen LogP contribution >= 0.6 is 12.2 Å². The van der Waals surface area contributed by atoms with Crippen LogP contribution < -0.4 is 0 Å². The van der Waals surface area contributed by atoms with Crippen LogP contribution in [0.5, 0.6) is 0 Å². The zero-order chi connectivity index (χ0) is 5.82. The highest BCUT2D eigenvalue weighted by molar-refractivity contribution is 7.78. The average molecular weight is 128 g/mol. The van der Waals surface area contributed by atoms with Crippen molar-refractivity contribution in [3.05, 3.63) is 0 Å². The van der Waals surface area contributed by atoms with E-state index in [1.807, 2.05) is 5.37 Å². The fourth-order valence-corrected chi connectivity index (χ4v) is 1.65. The standard InChI is InChI=1S/C7H12S/c8-6-5-7-3-1-2-4-7/h6-7H,1-5H2. The molecule has 1 aliphatic carbocycles. The van der Waals surface area contributed by atoms with Crippen molar-refractivity contribution in [1.29, 1.82) is 0 Å². The maximum atomic E-state index is 4.76. The fourth-order valence-electron chi connectivity index (χ4n) is 1.38. The van der Waals surface area contributed by atoms with Crippen LogP contribution in [0, 0.1) is 5.92 Å². The normalized spacial score (nSPS) is 21.5. The highest BCUT2D eigenvalue weighted by Gasteiger charge is 2.12. The van der Waals surface area contributed by atoms with Gasteiger partial charge in [-0.25, -0.2) is 0 Å². The molecular formula is C7H12S. The molecule has 0 nitrogen and oxygen atoms in total. The summed E-state index contributed by atoms with van der Waals surface area (Å²) in [5.74, 6) is 0.951. The Morgan fingerprint density at radius 1 is 1.38 bits per heavy atom. The van der Waals surface area contributed by atoms with Gasteiger partial charge in [0.2, 0.25) is 0 Å². The maximum absolute atomic E-state index is 4.76. The summed E-state index contributed by atoms with van der Waals surface area (Å²) >= 11 is 4.76. The third-order valence-electron chi connectivity index (χ3n) is 1.90. The molecule has 8 heavy (non-hydrogen) atoms. The SMILES string of the molecule is S=CCC1CCCC1. The van der Waals surface area contributed by atoms with Gasteiger partial charge in [-0.15, -0.1) is 0 Å². The first kappa shape index (κ1) is 6.21. The number of hydrogen-bond donors (Lipinski definition) is 0. The molecule has 1 heteroatoms. The van der Waals surface area contributed by atoms with E-state index in [9.17, 15) is 0 Å². The summed E-state index contributed by atoms with van der Waals surface area (Å²) < 4.78 is 0. The van der Waals surface area contributed by atoms with E-state index in [4.69, 9.17) is 12.2 Å². The smallest absolute Gasteiger partial charge is 0.0208 e. The average Bonchev–Trinajstić information content (AvgIpc) is 2.19. The number of hydrogen-bond acceptors (Lipinski definition) is 1. The van der Waals surface area contributed by atoms with Gasteiger partial charge >= 0.3 is 0 Å². The molecule has 0 spiro atoms. The molecule has 0 aliphatic heterocycles. The van der Waals surface area contributed by atoms with Crippen molar-refractivity contribution in [3.8, 4) is 0 Å². The van der Waals surface area contributed by atoms with Crippen molar-refractivity contribution >= 4 is 17.6 Å². The number of thiocarbonyl (C=S) groups is 1. The third-order valence-corrected chi connectivity index (χ3v) is 2.10. The van der Waals surface area contributed by atoms with Crippen molar-refractivity contribution < 1.29 is 0 Å². The lowest BCUT2D eigenvalue weighted by Crippen LogP contribution is -1.90. The molecular weight excluding hydrogens is 116 g/mol. The monoisotopic (exact) mass is 128 g/mol. The second kappa shape index (κ2) is 3.18. The van der Waals surface area contributed by atoms with Gasteiger partial charge < -0.3 is 0 Å². The van der Waals surface area contributed by atoms with Gasteiger partial charge in [0.25, 0.3) is 0 Å². The molecule has 1 rings (SSSR count). The third kappa shape index (κ3) is 1.55. The minimum absolute atomic E-state index is 0.951. The molecule has 0 aromatic carbocycles. The molecule has 1 fully saturated rings. The minimum atomic E-state index is 0.951. The predicted octanol–water partition coefficient (Wildman–Crippen LogP) is 2.57. The molecule has 0 amide bonds. The first-order valence-electron chi connectivity index (χ1n) is 3.37. The Hall–Kier alpha value is 0.0900. The van der Waals surface area contributed by atoms with E-state index < -0.39 is 0 Å². The van der Waals surface area contributed by atoms with Crippen molar-refractivity contribution in [3.63, 3.8) is 0 Å². The quantitative estimate of drug-likeness (QED) is 0.515. The first-order chi connectivity index (χ1) is 3.93. The van der Waals surface area contributed by atoms with Crippen LogP contribution in [0.15, 0.2) is 0 Å². The Bertz CT molecular complexity index is 72.5. The Labute approximate surface area is 56.3 Å². The van der Waals surface area contributed by atoms with Crippen LogP contribution in [0.25, 0.3) is 0 Å². The summed E-state index contributed by atoms with van der Waals surface area (Å²) in [5, 5.41) is 1.88. The second-order valence-electron chi connectivity index (χ2n) is 2.55. The Morgan fingerprint density at radius 2 is 2.00 bits per heavy atom. The Kier molecular flexibility index (Phi) is 2.47. The van der Waals surface area contributed by atoms with E-state index in [2.05, 4.69) is 0 Å². The summed E-state index contributed by atoms with van der Waals surface area (Å²) in [6, 6.07) is 0. The van der Waals surface area contributed by atoms with Crippen LogP contribution in [0.2, 0.25) is 0 Å². The van der Waals surface area contributed by atoms with Gasteiger partial charge in [-0.3, -0.25) is 0 Å². The van der Waals surface area contributed by atoms with Crippen molar-refractivity contribution in [2.24, 2.45) is 5.92 Å². The molecule has 1 aliphatic rings. The molecule has 0 radical (unpaired) electrons. The Balaban J connectivity index is 2.14. The van der Waals surface area contributed by atoms with Gasteiger partial charge in [0.05, 0.1) is 0 Å². The van der Waals surface area contributed by atoms with Crippen LogP contribution in [0.4, 0.5) is 0 Å². The minimum Gasteiger partial charge on any atom is -0.0935 e. The van der Waals surface area contributed by atoms with Crippen LogP contribution in [0.3, 0.4) is 0 Å². The van der Waals surface area contributed by atoms with E-state index in [-0.39, 0.29) is 0 Å². The van der Waals surface area contributed by atoms with Crippen LogP contribution in [-0.2, 0) is 0 Å². The molecule has 0 aromatic heterocycles. The molecule has 0 saturated heterocycles. The highest BCUT2D eigenvalue weighted by atomic mass is 32.1. The Morgan fingerprint density at radius 3 is 2.50 bits per heavy atom. The molecule has 1 saturated carbocycles. The fraction of sp³-hybridized carbons (Fsp3) is 0.857. The molecule has 0 unspecified atom stereocenters. The zero-order valence-corrected chi connectivity index (χ0v) is 5.91.